The highest BCUT2D eigenvalue weighted by Crippen LogP contribution is 2.18. The van der Waals surface area contributed by atoms with Crippen molar-refractivity contribution >= 4 is 5.69 Å². The average molecular weight is 639 g/mol. The van der Waals surface area contributed by atoms with Crippen molar-refractivity contribution in [2.24, 2.45) is 5.92 Å². The number of methoxy groups -OCH3 is 1. The Hall–Kier alpha value is -3.06. The molecule has 0 N–H and O–H groups in total. The highest BCUT2D eigenvalue weighted by atomic mass is 16.5. The van der Waals surface area contributed by atoms with Gasteiger partial charge >= 0.3 is 0 Å². The van der Waals surface area contributed by atoms with Gasteiger partial charge in [0.05, 0.1) is 33.0 Å². The normalized spacial score (nSPS) is 15.2. The largest absolute Gasteiger partial charge is 0.497 e. The van der Waals surface area contributed by atoms with Crippen LogP contribution in [0.4, 0.5) is 5.69 Å². The monoisotopic (exact) mass is 639 g/mol. The van der Waals surface area contributed by atoms with E-state index in [0.717, 1.165) is 76.9 Å². The first-order chi connectivity index (χ1) is 22.7. The molecule has 0 radical (unpaired) electrons. The Morgan fingerprint density at radius 3 is 1.93 bits per heavy atom. The summed E-state index contributed by atoms with van der Waals surface area (Å²) in [6.07, 6.45) is 12.3. The first-order valence-corrected chi connectivity index (χ1v) is 17.6. The smallest absolute Gasteiger partial charge is 0.119 e. The Balaban J connectivity index is 0.000000758. The van der Waals surface area contributed by atoms with Crippen molar-refractivity contribution in [1.82, 2.24) is 4.90 Å². The number of aryl methyl sites for hydroxylation is 1. The third-order valence-electron chi connectivity index (χ3n) is 6.91. The van der Waals surface area contributed by atoms with Crippen LogP contribution in [0, 0.1) is 12.8 Å². The van der Waals surface area contributed by atoms with E-state index in [0.29, 0.717) is 19.1 Å². The number of unbranched alkanes of at least 4 members (excludes halogenated alkanes) is 1. The van der Waals surface area contributed by atoms with E-state index in [1.165, 1.54) is 11.3 Å². The van der Waals surface area contributed by atoms with Gasteiger partial charge in [-0.3, -0.25) is 4.90 Å². The maximum Gasteiger partial charge on any atom is 0.119 e. The molecule has 0 amide bonds. The first-order valence-electron chi connectivity index (χ1n) is 17.6. The third kappa shape index (κ3) is 20.1. The predicted octanol–water partition coefficient (Wildman–Crippen LogP) is 9.37. The number of para-hydroxylation sites is 1. The van der Waals surface area contributed by atoms with Gasteiger partial charge in [-0.25, -0.2) is 0 Å². The van der Waals surface area contributed by atoms with E-state index in [-0.39, 0.29) is 0 Å². The summed E-state index contributed by atoms with van der Waals surface area (Å²) in [6.45, 7) is 25.4. The lowest BCUT2D eigenvalue weighted by Crippen LogP contribution is -2.47. The van der Waals surface area contributed by atoms with Gasteiger partial charge in [0, 0.05) is 51.4 Å². The van der Waals surface area contributed by atoms with E-state index in [1.807, 2.05) is 90.1 Å². The van der Waals surface area contributed by atoms with Crippen LogP contribution in [-0.4, -0.2) is 77.8 Å². The second-order valence-electron chi connectivity index (χ2n) is 10.1. The van der Waals surface area contributed by atoms with E-state index < -0.39 is 0 Å². The van der Waals surface area contributed by atoms with Gasteiger partial charge < -0.3 is 23.8 Å². The van der Waals surface area contributed by atoms with Gasteiger partial charge in [-0.2, -0.15) is 0 Å². The van der Waals surface area contributed by atoms with Gasteiger partial charge in [-0.15, -0.1) is 0 Å². The highest BCUT2D eigenvalue weighted by Gasteiger charge is 2.16. The van der Waals surface area contributed by atoms with Gasteiger partial charge in [-0.1, -0.05) is 109 Å². The van der Waals surface area contributed by atoms with Crippen molar-refractivity contribution < 1.29 is 18.9 Å². The molecule has 260 valence electrons. The predicted molar refractivity (Wildman–Crippen MR) is 199 cm³/mol. The van der Waals surface area contributed by atoms with Gasteiger partial charge in [0.15, 0.2) is 0 Å². The molecule has 0 aromatic heterocycles. The SMILES string of the molecule is CC.CC.CC.CC1C=CC=CC=C1OCCCCOc1ccccc1.COCCOCCN1CCN(c2ccc(C)cc2)CC1. The molecule has 6 heteroatoms. The summed E-state index contributed by atoms with van der Waals surface area (Å²) in [5, 5.41) is 0. The first kappa shape index (κ1) is 42.9. The summed E-state index contributed by atoms with van der Waals surface area (Å²) in [6, 6.07) is 18.7. The van der Waals surface area contributed by atoms with Crippen molar-refractivity contribution in [3.05, 3.63) is 96.3 Å². The molecule has 1 atom stereocenters. The van der Waals surface area contributed by atoms with Crippen LogP contribution in [0.5, 0.6) is 5.75 Å². The quantitative estimate of drug-likeness (QED) is 0.192. The summed E-state index contributed by atoms with van der Waals surface area (Å²) < 4.78 is 22.0. The Morgan fingerprint density at radius 1 is 0.674 bits per heavy atom. The number of nitrogens with zero attached hydrogens (tertiary/aromatic N) is 2. The maximum absolute atomic E-state index is 5.83. The summed E-state index contributed by atoms with van der Waals surface area (Å²) in [7, 11) is 1.70. The number of anilines is 1. The van der Waals surface area contributed by atoms with Crippen molar-refractivity contribution in [3.8, 4) is 5.75 Å². The molecule has 1 aliphatic heterocycles. The summed E-state index contributed by atoms with van der Waals surface area (Å²) >= 11 is 0. The number of benzene rings is 2. The van der Waals surface area contributed by atoms with E-state index >= 15 is 0 Å². The Kier molecular flexibility index (Phi) is 28.6. The Labute approximate surface area is 283 Å². The second kappa shape index (κ2) is 30.6. The molecule has 1 fully saturated rings. The zero-order chi connectivity index (χ0) is 34.3. The summed E-state index contributed by atoms with van der Waals surface area (Å²) in [4.78, 5) is 4.93. The van der Waals surface area contributed by atoms with Crippen LogP contribution in [-0.2, 0) is 14.2 Å². The molecular weight excluding hydrogens is 572 g/mol. The molecule has 2 aliphatic rings. The fourth-order valence-corrected chi connectivity index (χ4v) is 4.40. The lowest BCUT2D eigenvalue weighted by molar-refractivity contribution is 0.0563. The van der Waals surface area contributed by atoms with Crippen LogP contribution in [0.3, 0.4) is 0 Å². The number of allylic oxidation sites excluding steroid dienone is 5. The molecule has 0 bridgehead atoms. The van der Waals surface area contributed by atoms with Gasteiger partial charge in [0.2, 0.25) is 0 Å². The average Bonchev–Trinajstić information content (AvgIpc) is 3.33. The van der Waals surface area contributed by atoms with E-state index in [1.54, 1.807) is 7.11 Å². The zero-order valence-corrected chi connectivity index (χ0v) is 30.7. The molecule has 2 aromatic rings. The maximum atomic E-state index is 5.83. The fraction of sp³-hybridized carbons (Fsp3) is 0.550. The minimum absolute atomic E-state index is 0.352. The summed E-state index contributed by atoms with van der Waals surface area (Å²) in [5.74, 6) is 2.33. The van der Waals surface area contributed by atoms with Gasteiger partial charge in [0.1, 0.15) is 11.5 Å². The molecule has 2 aromatic carbocycles. The number of hydrogen-bond acceptors (Lipinski definition) is 6. The van der Waals surface area contributed by atoms with Crippen molar-refractivity contribution in [2.45, 2.75) is 68.2 Å². The van der Waals surface area contributed by atoms with Crippen LogP contribution >= 0.6 is 0 Å². The fourth-order valence-electron chi connectivity index (χ4n) is 4.40. The molecule has 1 saturated heterocycles. The number of rotatable bonds is 14. The number of hydrogen-bond donors (Lipinski definition) is 0. The molecule has 46 heavy (non-hydrogen) atoms. The highest BCUT2D eigenvalue weighted by molar-refractivity contribution is 5.47. The van der Waals surface area contributed by atoms with E-state index in [9.17, 15) is 0 Å². The molecule has 1 heterocycles. The van der Waals surface area contributed by atoms with Crippen molar-refractivity contribution in [1.29, 1.82) is 0 Å². The standard InChI is InChI=1S/C18H22O2.C16H26N2O2.3C2H6/c1-16-10-4-2-7-13-18(16)20-15-9-8-14-19-17-11-5-3-6-12-17;1-15-3-5-16(6-4-15)18-9-7-17(8-10-18)11-12-20-14-13-19-2;3*1-2/h2-7,10-13,16H,8-9,14-15H2,1H3;3-6H,7-14H2,1-2H3;3*1-2H3. The molecule has 6 nitrogen and oxygen atoms in total. The third-order valence-corrected chi connectivity index (χ3v) is 6.91. The van der Waals surface area contributed by atoms with Crippen molar-refractivity contribution in [2.75, 3.05) is 77.8 Å². The van der Waals surface area contributed by atoms with Crippen LogP contribution in [0.1, 0.15) is 66.9 Å². The molecule has 0 spiro atoms. The number of piperazine rings is 1. The molecule has 4 rings (SSSR count). The number of ether oxygens (including phenoxy) is 4. The Morgan fingerprint density at radius 2 is 1.30 bits per heavy atom. The second-order valence-corrected chi connectivity index (χ2v) is 10.1. The molecule has 0 saturated carbocycles. The van der Waals surface area contributed by atoms with Crippen LogP contribution < -0.4 is 9.64 Å². The minimum Gasteiger partial charge on any atom is -0.497 e. The minimum atomic E-state index is 0.352. The molecular formula is C40H66N2O4. The van der Waals surface area contributed by atoms with Gasteiger partial charge in [0.25, 0.3) is 0 Å². The topological polar surface area (TPSA) is 43.4 Å². The zero-order valence-electron chi connectivity index (χ0n) is 30.7. The molecule has 1 aliphatic carbocycles. The lowest BCUT2D eigenvalue weighted by atomic mass is 10.1. The van der Waals surface area contributed by atoms with Gasteiger partial charge in [-0.05, 0) is 50.1 Å². The van der Waals surface area contributed by atoms with E-state index in [2.05, 4.69) is 60.1 Å². The van der Waals surface area contributed by atoms with E-state index in [4.69, 9.17) is 18.9 Å². The summed E-state index contributed by atoms with van der Waals surface area (Å²) in [5.41, 5.74) is 2.66. The van der Waals surface area contributed by atoms with Crippen LogP contribution in [0.15, 0.2) is 90.7 Å². The van der Waals surface area contributed by atoms with Crippen LogP contribution in [0.25, 0.3) is 0 Å². The van der Waals surface area contributed by atoms with Crippen molar-refractivity contribution in [3.63, 3.8) is 0 Å². The molecule has 1 unspecified atom stereocenters. The Bertz CT molecular complexity index is 1010. The lowest BCUT2D eigenvalue weighted by Gasteiger charge is -2.36. The van der Waals surface area contributed by atoms with Crippen LogP contribution in [0.2, 0.25) is 0 Å².